The zero-order valence-corrected chi connectivity index (χ0v) is 18.1. The first-order valence-corrected chi connectivity index (χ1v) is 8.81. The van der Waals surface area contributed by atoms with Crippen LogP contribution in [-0.2, 0) is 11.3 Å². The number of rotatable bonds is 5. The van der Waals surface area contributed by atoms with Crippen molar-refractivity contribution in [1.82, 2.24) is 20.0 Å². The van der Waals surface area contributed by atoms with Crippen LogP contribution in [0.5, 0.6) is 0 Å². The van der Waals surface area contributed by atoms with Gasteiger partial charge in [-0.05, 0) is 30.7 Å². The van der Waals surface area contributed by atoms with Gasteiger partial charge in [-0.15, -0.1) is 24.0 Å². The zero-order chi connectivity index (χ0) is 17.6. The fourth-order valence-corrected chi connectivity index (χ4v) is 3.22. The van der Waals surface area contributed by atoms with E-state index in [-0.39, 0.29) is 24.0 Å². The van der Waals surface area contributed by atoms with Gasteiger partial charge in [0.25, 0.3) is 0 Å². The molecule has 142 valence electrons. The first-order valence-electron chi connectivity index (χ1n) is 8.43. The Labute approximate surface area is 176 Å². The van der Waals surface area contributed by atoms with Crippen LogP contribution >= 0.6 is 35.6 Å². The predicted octanol–water partition coefficient (Wildman–Crippen LogP) is 3.19. The Balaban J connectivity index is 0.00000243. The van der Waals surface area contributed by atoms with Crippen molar-refractivity contribution in [3.05, 3.63) is 47.2 Å². The smallest absolute Gasteiger partial charge is 0.193 e. The molecule has 2 aromatic rings. The Bertz CT molecular complexity index is 719. The van der Waals surface area contributed by atoms with Crippen LogP contribution in [0.1, 0.15) is 12.0 Å². The van der Waals surface area contributed by atoms with Crippen molar-refractivity contribution in [2.24, 2.45) is 10.9 Å². The molecule has 1 aromatic carbocycles. The van der Waals surface area contributed by atoms with Crippen LogP contribution in [0, 0.1) is 5.92 Å². The van der Waals surface area contributed by atoms with E-state index in [0.717, 1.165) is 48.4 Å². The van der Waals surface area contributed by atoms with E-state index in [1.807, 2.05) is 48.4 Å². The maximum absolute atomic E-state index is 5.93. The summed E-state index contributed by atoms with van der Waals surface area (Å²) in [7, 11) is 3.58. The first-order chi connectivity index (χ1) is 12.2. The molecule has 1 N–H and O–H groups in total. The van der Waals surface area contributed by atoms with Crippen molar-refractivity contribution < 1.29 is 4.74 Å². The standard InChI is InChI=1S/C18H24ClN5O.HI/c1-20-18(23-8-7-14(11-23)13-25-2)21-9-15-10-22-24(12-15)17-5-3-16(19)4-6-17;/h3-6,10,12,14H,7-9,11,13H2,1-2H3,(H,20,21);1H. The van der Waals surface area contributed by atoms with Gasteiger partial charge in [0, 0.05) is 56.5 Å². The summed E-state index contributed by atoms with van der Waals surface area (Å²) in [6.45, 7) is 3.49. The minimum atomic E-state index is 0. The number of hydrogen-bond acceptors (Lipinski definition) is 3. The van der Waals surface area contributed by atoms with Crippen LogP contribution in [0.2, 0.25) is 5.02 Å². The van der Waals surface area contributed by atoms with Crippen molar-refractivity contribution in [2.75, 3.05) is 33.9 Å². The summed E-state index contributed by atoms with van der Waals surface area (Å²) in [6.07, 6.45) is 5.02. The lowest BCUT2D eigenvalue weighted by Gasteiger charge is -2.21. The van der Waals surface area contributed by atoms with Gasteiger partial charge in [-0.25, -0.2) is 4.68 Å². The second-order valence-corrected chi connectivity index (χ2v) is 6.66. The number of ether oxygens (including phenoxy) is 1. The number of methoxy groups -OCH3 is 1. The molecule has 1 aliphatic heterocycles. The average Bonchev–Trinajstić information content (AvgIpc) is 3.27. The van der Waals surface area contributed by atoms with Gasteiger partial charge in [0.05, 0.1) is 18.5 Å². The Morgan fingerprint density at radius 2 is 2.15 bits per heavy atom. The molecule has 0 saturated carbocycles. The van der Waals surface area contributed by atoms with Crippen LogP contribution in [0.4, 0.5) is 0 Å². The second-order valence-electron chi connectivity index (χ2n) is 6.23. The number of halogens is 2. The third-order valence-electron chi connectivity index (χ3n) is 4.38. The van der Waals surface area contributed by atoms with Gasteiger partial charge in [0.15, 0.2) is 5.96 Å². The average molecular weight is 490 g/mol. The van der Waals surface area contributed by atoms with Crippen molar-refractivity contribution >= 4 is 41.5 Å². The molecule has 1 unspecified atom stereocenters. The summed E-state index contributed by atoms with van der Waals surface area (Å²) >= 11 is 5.93. The summed E-state index contributed by atoms with van der Waals surface area (Å²) in [6, 6.07) is 7.63. The predicted molar refractivity (Wildman–Crippen MR) is 116 cm³/mol. The highest BCUT2D eigenvalue weighted by Crippen LogP contribution is 2.17. The van der Waals surface area contributed by atoms with Gasteiger partial charge in [-0.1, -0.05) is 11.6 Å². The first kappa shape index (κ1) is 21.0. The fourth-order valence-electron chi connectivity index (χ4n) is 3.10. The zero-order valence-electron chi connectivity index (χ0n) is 15.1. The number of nitrogens with zero attached hydrogens (tertiary/aromatic N) is 4. The van der Waals surface area contributed by atoms with Crippen molar-refractivity contribution in [3.8, 4) is 5.69 Å². The lowest BCUT2D eigenvalue weighted by Crippen LogP contribution is -2.39. The second kappa shape index (κ2) is 10.1. The van der Waals surface area contributed by atoms with Crippen molar-refractivity contribution in [2.45, 2.75) is 13.0 Å². The number of hydrogen-bond donors (Lipinski definition) is 1. The molecule has 0 amide bonds. The highest BCUT2D eigenvalue weighted by molar-refractivity contribution is 14.0. The van der Waals surface area contributed by atoms with Crippen molar-refractivity contribution in [1.29, 1.82) is 0 Å². The van der Waals surface area contributed by atoms with E-state index in [1.165, 1.54) is 0 Å². The number of likely N-dealkylation sites (tertiary alicyclic amines) is 1. The van der Waals surface area contributed by atoms with Gasteiger partial charge in [0.2, 0.25) is 0 Å². The quantitative estimate of drug-likeness (QED) is 0.398. The largest absolute Gasteiger partial charge is 0.384 e. The van der Waals surface area contributed by atoms with Crippen LogP contribution in [0.15, 0.2) is 41.7 Å². The SMILES string of the molecule is CN=C(NCc1cnn(-c2ccc(Cl)cc2)c1)N1CCC(COC)C1.I. The molecule has 1 fully saturated rings. The third kappa shape index (κ3) is 5.34. The molecule has 26 heavy (non-hydrogen) atoms. The fraction of sp³-hybridized carbons (Fsp3) is 0.444. The van der Waals surface area contributed by atoms with Gasteiger partial charge < -0.3 is 15.0 Å². The minimum absolute atomic E-state index is 0. The Kier molecular flexibility index (Phi) is 8.17. The Morgan fingerprint density at radius 1 is 1.38 bits per heavy atom. The van der Waals surface area contributed by atoms with E-state index < -0.39 is 0 Å². The van der Waals surface area contributed by atoms with E-state index in [2.05, 4.69) is 20.3 Å². The van der Waals surface area contributed by atoms with E-state index in [1.54, 1.807) is 7.11 Å². The molecule has 1 atom stereocenters. The summed E-state index contributed by atoms with van der Waals surface area (Å²) in [4.78, 5) is 6.69. The molecule has 0 aliphatic carbocycles. The summed E-state index contributed by atoms with van der Waals surface area (Å²) in [5.41, 5.74) is 2.09. The Hall–Kier alpha value is -1.32. The van der Waals surface area contributed by atoms with Crippen molar-refractivity contribution in [3.63, 3.8) is 0 Å². The summed E-state index contributed by atoms with van der Waals surface area (Å²) < 4.78 is 7.11. The van der Waals surface area contributed by atoms with Crippen LogP contribution < -0.4 is 5.32 Å². The third-order valence-corrected chi connectivity index (χ3v) is 4.63. The molecule has 0 bridgehead atoms. The molecular formula is C18H25ClIN5O. The normalized spacial score (nSPS) is 17.3. The van der Waals surface area contributed by atoms with E-state index in [4.69, 9.17) is 16.3 Å². The molecule has 1 saturated heterocycles. The summed E-state index contributed by atoms with van der Waals surface area (Å²) in [5.74, 6) is 1.51. The maximum atomic E-state index is 5.93. The van der Waals surface area contributed by atoms with E-state index in [9.17, 15) is 0 Å². The van der Waals surface area contributed by atoms with E-state index >= 15 is 0 Å². The van der Waals surface area contributed by atoms with Crippen LogP contribution in [-0.4, -0.2) is 54.5 Å². The van der Waals surface area contributed by atoms with Gasteiger partial charge in [-0.2, -0.15) is 5.10 Å². The van der Waals surface area contributed by atoms with E-state index in [0.29, 0.717) is 12.5 Å². The molecular weight excluding hydrogens is 465 g/mol. The highest BCUT2D eigenvalue weighted by atomic mass is 127. The minimum Gasteiger partial charge on any atom is -0.384 e. The number of benzene rings is 1. The lowest BCUT2D eigenvalue weighted by molar-refractivity contribution is 0.157. The molecule has 0 radical (unpaired) electrons. The van der Waals surface area contributed by atoms with Crippen LogP contribution in [0.3, 0.4) is 0 Å². The van der Waals surface area contributed by atoms with Gasteiger partial charge in [-0.3, -0.25) is 4.99 Å². The van der Waals surface area contributed by atoms with Gasteiger partial charge in [0.1, 0.15) is 0 Å². The molecule has 8 heteroatoms. The highest BCUT2D eigenvalue weighted by Gasteiger charge is 2.24. The molecule has 3 rings (SSSR count). The molecule has 1 aliphatic rings. The van der Waals surface area contributed by atoms with Crippen LogP contribution in [0.25, 0.3) is 5.69 Å². The number of aromatic nitrogens is 2. The maximum Gasteiger partial charge on any atom is 0.193 e. The lowest BCUT2D eigenvalue weighted by atomic mass is 10.1. The molecule has 2 heterocycles. The van der Waals surface area contributed by atoms with Gasteiger partial charge >= 0.3 is 0 Å². The number of guanidine groups is 1. The number of aliphatic imine (C=N–C) groups is 1. The molecule has 0 spiro atoms. The molecule has 1 aromatic heterocycles. The summed E-state index contributed by atoms with van der Waals surface area (Å²) in [5, 5.41) is 8.56. The topological polar surface area (TPSA) is 54.7 Å². The monoisotopic (exact) mass is 489 g/mol. The molecule has 6 nitrogen and oxygen atoms in total. The number of nitrogens with one attached hydrogen (secondary N) is 1. The Morgan fingerprint density at radius 3 is 2.85 bits per heavy atom.